The minimum Gasteiger partial charge on any atom is -0.508 e. The molecule has 0 unspecified atom stereocenters. The highest BCUT2D eigenvalue weighted by Gasteiger charge is 2.15. The molecule has 1 N–H and O–H groups in total. The first kappa shape index (κ1) is 9.28. The van der Waals surface area contributed by atoms with Crippen LogP contribution in [0.1, 0.15) is 11.5 Å². The molecular weight excluding hydrogens is 200 g/mol. The van der Waals surface area contributed by atoms with E-state index >= 15 is 0 Å². The molecule has 0 bridgehead atoms. The summed E-state index contributed by atoms with van der Waals surface area (Å²) >= 11 is 4.01. The number of benzene rings is 1. The third kappa shape index (κ3) is 2.35. The third-order valence-electron chi connectivity index (χ3n) is 2.17. The number of thioether (sulfide) groups is 2. The minimum absolute atomic E-state index is 0.361. The second kappa shape index (κ2) is 4.29. The lowest BCUT2D eigenvalue weighted by Crippen LogP contribution is -2.09. The van der Waals surface area contributed by atoms with Gasteiger partial charge in [0.2, 0.25) is 0 Å². The number of phenolic OH excluding ortho intramolecular Hbond substituents is 1. The van der Waals surface area contributed by atoms with Crippen molar-refractivity contribution in [2.24, 2.45) is 0 Å². The van der Waals surface area contributed by atoms with Gasteiger partial charge < -0.3 is 5.11 Å². The van der Waals surface area contributed by atoms with E-state index in [1.807, 2.05) is 35.7 Å². The molecule has 1 fully saturated rings. The van der Waals surface area contributed by atoms with Crippen molar-refractivity contribution in [1.82, 2.24) is 0 Å². The Balaban J connectivity index is 2.10. The van der Waals surface area contributed by atoms with Gasteiger partial charge in [0.1, 0.15) is 5.75 Å². The molecule has 2 rings (SSSR count). The van der Waals surface area contributed by atoms with Gasteiger partial charge in [-0.15, -0.1) is 0 Å². The zero-order valence-corrected chi connectivity index (χ0v) is 8.90. The molecule has 0 saturated carbocycles. The molecule has 3 heteroatoms. The van der Waals surface area contributed by atoms with Crippen molar-refractivity contribution >= 4 is 23.5 Å². The van der Waals surface area contributed by atoms with Crippen LogP contribution in [0.15, 0.2) is 24.3 Å². The molecule has 0 amide bonds. The number of hydrogen-bond donors (Lipinski definition) is 1. The van der Waals surface area contributed by atoms with E-state index in [0.717, 1.165) is 0 Å². The van der Waals surface area contributed by atoms with E-state index < -0.39 is 0 Å². The summed E-state index contributed by atoms with van der Waals surface area (Å²) in [6.45, 7) is 0. The normalized spacial score (nSPS) is 18.8. The summed E-state index contributed by atoms with van der Waals surface area (Å²) in [5, 5.41) is 10.4. The van der Waals surface area contributed by atoms with Gasteiger partial charge in [-0.1, -0.05) is 12.1 Å². The van der Waals surface area contributed by atoms with Gasteiger partial charge in [0, 0.05) is 22.5 Å². The predicted molar refractivity (Wildman–Crippen MR) is 60.6 cm³/mol. The SMILES string of the molecule is Oc1ccc(C2CSCSC2)cc1. The standard InChI is InChI=1S/C10H12OS2/c11-10-3-1-8(2-4-10)9-5-12-7-13-6-9/h1-4,9,11H,5-7H2. The Morgan fingerprint density at radius 1 is 1.08 bits per heavy atom. The quantitative estimate of drug-likeness (QED) is 0.773. The Kier molecular flexibility index (Phi) is 3.06. The molecule has 70 valence electrons. The molecule has 0 aromatic heterocycles. The van der Waals surface area contributed by atoms with Gasteiger partial charge in [-0.2, -0.15) is 23.5 Å². The molecule has 1 heterocycles. The summed E-state index contributed by atoms with van der Waals surface area (Å²) in [6, 6.07) is 7.62. The number of hydrogen-bond acceptors (Lipinski definition) is 3. The van der Waals surface area contributed by atoms with Crippen LogP contribution in [-0.4, -0.2) is 21.7 Å². The molecule has 0 atom stereocenters. The molecule has 1 aliphatic rings. The van der Waals surface area contributed by atoms with Gasteiger partial charge in [-0.05, 0) is 17.7 Å². The zero-order chi connectivity index (χ0) is 9.10. The summed E-state index contributed by atoms with van der Waals surface area (Å²) in [5.41, 5.74) is 1.36. The van der Waals surface area contributed by atoms with Crippen LogP contribution >= 0.6 is 23.5 Å². The molecule has 1 nitrogen and oxygen atoms in total. The number of phenols is 1. The van der Waals surface area contributed by atoms with Crippen molar-refractivity contribution in [3.63, 3.8) is 0 Å². The third-order valence-corrected chi connectivity index (χ3v) is 4.78. The van der Waals surface area contributed by atoms with Gasteiger partial charge in [0.25, 0.3) is 0 Å². The second-order valence-electron chi connectivity index (χ2n) is 3.15. The van der Waals surface area contributed by atoms with Gasteiger partial charge in [0.05, 0.1) is 0 Å². The van der Waals surface area contributed by atoms with Crippen LogP contribution in [-0.2, 0) is 0 Å². The van der Waals surface area contributed by atoms with Crippen LogP contribution in [0.5, 0.6) is 5.75 Å². The highest BCUT2D eigenvalue weighted by molar-refractivity contribution is 8.16. The molecule has 0 aliphatic carbocycles. The van der Waals surface area contributed by atoms with Crippen molar-refractivity contribution in [2.45, 2.75) is 5.92 Å². The summed E-state index contributed by atoms with van der Waals surface area (Å²) in [7, 11) is 0. The first-order valence-corrected chi connectivity index (χ1v) is 6.61. The predicted octanol–water partition coefficient (Wildman–Crippen LogP) is 2.91. The van der Waals surface area contributed by atoms with E-state index in [0.29, 0.717) is 11.7 Å². The molecule has 13 heavy (non-hydrogen) atoms. The topological polar surface area (TPSA) is 20.2 Å². The second-order valence-corrected chi connectivity index (χ2v) is 5.57. The van der Waals surface area contributed by atoms with Crippen LogP contribution < -0.4 is 0 Å². The van der Waals surface area contributed by atoms with Gasteiger partial charge in [0.15, 0.2) is 0 Å². The molecule has 1 aromatic rings. The van der Waals surface area contributed by atoms with E-state index in [2.05, 4.69) is 0 Å². The maximum Gasteiger partial charge on any atom is 0.115 e. The fourth-order valence-electron chi connectivity index (χ4n) is 1.43. The first-order chi connectivity index (χ1) is 6.36. The van der Waals surface area contributed by atoms with Crippen molar-refractivity contribution in [3.8, 4) is 5.75 Å². The average Bonchev–Trinajstić information content (AvgIpc) is 2.20. The van der Waals surface area contributed by atoms with Gasteiger partial charge in [-0.25, -0.2) is 0 Å². The van der Waals surface area contributed by atoms with Crippen LogP contribution in [0.4, 0.5) is 0 Å². The lowest BCUT2D eigenvalue weighted by atomic mass is 10.0. The van der Waals surface area contributed by atoms with E-state index in [-0.39, 0.29) is 0 Å². The Morgan fingerprint density at radius 2 is 1.69 bits per heavy atom. The molecule has 0 radical (unpaired) electrons. The molecular formula is C10H12OS2. The Morgan fingerprint density at radius 3 is 2.31 bits per heavy atom. The lowest BCUT2D eigenvalue weighted by Gasteiger charge is -2.21. The maximum absolute atomic E-state index is 9.14. The highest BCUT2D eigenvalue weighted by atomic mass is 32.2. The highest BCUT2D eigenvalue weighted by Crippen LogP contribution is 2.32. The molecule has 1 aromatic carbocycles. The minimum atomic E-state index is 0.361. The smallest absolute Gasteiger partial charge is 0.115 e. The number of aromatic hydroxyl groups is 1. The maximum atomic E-state index is 9.14. The summed E-state index contributed by atoms with van der Waals surface area (Å²) in [6.07, 6.45) is 0. The number of rotatable bonds is 1. The van der Waals surface area contributed by atoms with Crippen molar-refractivity contribution in [1.29, 1.82) is 0 Å². The Bertz CT molecular complexity index is 265. The molecule has 0 spiro atoms. The fraction of sp³-hybridized carbons (Fsp3) is 0.400. The van der Waals surface area contributed by atoms with Crippen molar-refractivity contribution in [3.05, 3.63) is 29.8 Å². The Hall–Kier alpha value is -0.280. The average molecular weight is 212 g/mol. The van der Waals surface area contributed by atoms with Gasteiger partial charge in [-0.3, -0.25) is 0 Å². The van der Waals surface area contributed by atoms with Crippen LogP contribution in [0.2, 0.25) is 0 Å². The largest absolute Gasteiger partial charge is 0.508 e. The fourth-order valence-corrected chi connectivity index (χ4v) is 4.01. The van der Waals surface area contributed by atoms with E-state index in [1.165, 1.54) is 22.2 Å². The van der Waals surface area contributed by atoms with Crippen LogP contribution in [0, 0.1) is 0 Å². The van der Waals surface area contributed by atoms with Crippen molar-refractivity contribution in [2.75, 3.05) is 16.6 Å². The van der Waals surface area contributed by atoms with Crippen molar-refractivity contribution < 1.29 is 5.11 Å². The monoisotopic (exact) mass is 212 g/mol. The van der Waals surface area contributed by atoms with E-state index in [9.17, 15) is 0 Å². The summed E-state index contributed by atoms with van der Waals surface area (Å²) < 4.78 is 0. The molecule has 1 saturated heterocycles. The zero-order valence-electron chi connectivity index (χ0n) is 7.27. The molecule has 1 aliphatic heterocycles. The van der Waals surface area contributed by atoms with E-state index in [4.69, 9.17) is 5.11 Å². The summed E-state index contributed by atoms with van der Waals surface area (Å²) in [4.78, 5) is 0. The Labute approximate surface area is 86.9 Å². The first-order valence-electron chi connectivity index (χ1n) is 4.30. The summed E-state index contributed by atoms with van der Waals surface area (Å²) in [5.74, 6) is 3.47. The van der Waals surface area contributed by atoms with Gasteiger partial charge >= 0.3 is 0 Å². The van der Waals surface area contributed by atoms with E-state index in [1.54, 1.807) is 12.1 Å². The lowest BCUT2D eigenvalue weighted by molar-refractivity contribution is 0.475. The van der Waals surface area contributed by atoms with Crippen LogP contribution in [0.25, 0.3) is 0 Å². The van der Waals surface area contributed by atoms with Crippen LogP contribution in [0.3, 0.4) is 0 Å².